The normalized spacial score (nSPS) is 15.0. The number of hydrogen-bond donors (Lipinski definition) is 2. The number of aromatic nitrogens is 3. The van der Waals surface area contributed by atoms with Gasteiger partial charge in [-0.15, -0.1) is 5.10 Å². The minimum Gasteiger partial charge on any atom is -0.271 e. The van der Waals surface area contributed by atoms with Crippen LogP contribution in [0.15, 0.2) is 6.20 Å². The lowest BCUT2D eigenvalue weighted by atomic mass is 9.90. The van der Waals surface area contributed by atoms with Crippen molar-refractivity contribution in [3.8, 4) is 0 Å². The molecule has 0 fully saturated rings. The van der Waals surface area contributed by atoms with Gasteiger partial charge in [0.1, 0.15) is 0 Å². The molecule has 0 amide bonds. The van der Waals surface area contributed by atoms with Crippen molar-refractivity contribution < 1.29 is 0 Å². The van der Waals surface area contributed by atoms with Crippen LogP contribution in [-0.4, -0.2) is 15.0 Å². The van der Waals surface area contributed by atoms with E-state index in [2.05, 4.69) is 29.6 Å². The molecular formula is C11H23N5. The Labute approximate surface area is 97.4 Å². The van der Waals surface area contributed by atoms with Gasteiger partial charge in [0, 0.05) is 7.05 Å². The van der Waals surface area contributed by atoms with E-state index < -0.39 is 0 Å². The highest BCUT2D eigenvalue weighted by Gasteiger charge is 2.23. The van der Waals surface area contributed by atoms with E-state index in [1.54, 1.807) is 10.9 Å². The first-order chi connectivity index (χ1) is 7.74. The summed E-state index contributed by atoms with van der Waals surface area (Å²) in [6.07, 6.45) is 6.55. The Morgan fingerprint density at radius 1 is 1.50 bits per heavy atom. The molecule has 0 aromatic carbocycles. The minimum absolute atomic E-state index is 0.150. The van der Waals surface area contributed by atoms with E-state index in [0.29, 0.717) is 5.92 Å². The van der Waals surface area contributed by atoms with Gasteiger partial charge >= 0.3 is 0 Å². The second-order valence-electron chi connectivity index (χ2n) is 4.24. The molecule has 5 heteroatoms. The Bertz CT molecular complexity index is 296. The van der Waals surface area contributed by atoms with Crippen molar-refractivity contribution in [2.45, 2.75) is 45.6 Å². The summed E-state index contributed by atoms with van der Waals surface area (Å²) in [4.78, 5) is 0. The molecule has 0 aliphatic rings. The van der Waals surface area contributed by atoms with Crippen molar-refractivity contribution in [3.63, 3.8) is 0 Å². The van der Waals surface area contributed by atoms with E-state index in [1.165, 1.54) is 19.3 Å². The highest BCUT2D eigenvalue weighted by Crippen LogP contribution is 2.27. The summed E-state index contributed by atoms with van der Waals surface area (Å²) in [6.45, 7) is 4.41. The molecule has 0 aliphatic heterocycles. The molecule has 1 aromatic rings. The van der Waals surface area contributed by atoms with E-state index >= 15 is 0 Å². The number of rotatable bonds is 7. The van der Waals surface area contributed by atoms with Gasteiger partial charge in [-0.3, -0.25) is 16.0 Å². The Hall–Kier alpha value is -0.940. The second kappa shape index (κ2) is 6.60. The van der Waals surface area contributed by atoms with Crippen molar-refractivity contribution in [1.29, 1.82) is 0 Å². The van der Waals surface area contributed by atoms with Crippen LogP contribution >= 0.6 is 0 Å². The van der Waals surface area contributed by atoms with Crippen LogP contribution < -0.4 is 11.3 Å². The van der Waals surface area contributed by atoms with Gasteiger partial charge in [0.2, 0.25) is 0 Å². The summed E-state index contributed by atoms with van der Waals surface area (Å²) in [7, 11) is 1.90. The molecule has 0 bridgehead atoms. The molecule has 0 aliphatic carbocycles. The maximum atomic E-state index is 5.66. The van der Waals surface area contributed by atoms with Crippen LogP contribution in [0.25, 0.3) is 0 Å². The average molecular weight is 225 g/mol. The zero-order valence-electron chi connectivity index (χ0n) is 10.5. The van der Waals surface area contributed by atoms with E-state index in [9.17, 15) is 0 Å². The summed E-state index contributed by atoms with van der Waals surface area (Å²) in [5.41, 5.74) is 3.96. The number of hydrogen-bond acceptors (Lipinski definition) is 4. The van der Waals surface area contributed by atoms with E-state index in [4.69, 9.17) is 5.84 Å². The predicted octanol–water partition coefficient (Wildman–Crippen LogP) is 1.54. The molecule has 1 aromatic heterocycles. The molecular weight excluding hydrogens is 202 g/mol. The van der Waals surface area contributed by atoms with Crippen LogP contribution in [0.1, 0.15) is 51.3 Å². The molecule has 0 spiro atoms. The van der Waals surface area contributed by atoms with Crippen molar-refractivity contribution in [2.75, 3.05) is 0 Å². The first-order valence-corrected chi connectivity index (χ1v) is 6.05. The molecule has 16 heavy (non-hydrogen) atoms. The number of aryl methyl sites for hydroxylation is 1. The number of unbranched alkanes of at least 4 members (excludes halogenated alkanes) is 1. The number of nitrogens with one attached hydrogen (secondary N) is 1. The molecule has 1 heterocycles. The molecule has 0 saturated carbocycles. The molecule has 0 saturated heterocycles. The summed E-state index contributed by atoms with van der Waals surface area (Å²) in [6, 6.07) is 0.150. The third kappa shape index (κ3) is 3.02. The highest BCUT2D eigenvalue weighted by molar-refractivity contribution is 5.03. The van der Waals surface area contributed by atoms with Gasteiger partial charge in [-0.25, -0.2) is 0 Å². The average Bonchev–Trinajstić information content (AvgIpc) is 2.71. The molecule has 0 radical (unpaired) electrons. The fourth-order valence-corrected chi connectivity index (χ4v) is 2.11. The van der Waals surface area contributed by atoms with E-state index in [-0.39, 0.29) is 6.04 Å². The molecule has 2 unspecified atom stereocenters. The Morgan fingerprint density at radius 2 is 2.25 bits per heavy atom. The van der Waals surface area contributed by atoms with Crippen LogP contribution in [0, 0.1) is 5.92 Å². The maximum absolute atomic E-state index is 5.66. The lowest BCUT2D eigenvalue weighted by Crippen LogP contribution is -2.34. The van der Waals surface area contributed by atoms with Crippen molar-refractivity contribution >= 4 is 0 Å². The second-order valence-corrected chi connectivity index (χ2v) is 4.24. The van der Waals surface area contributed by atoms with Gasteiger partial charge in [0.15, 0.2) is 0 Å². The molecule has 1 rings (SSSR count). The van der Waals surface area contributed by atoms with Crippen LogP contribution in [0.4, 0.5) is 0 Å². The lowest BCUT2D eigenvalue weighted by Gasteiger charge is -2.25. The highest BCUT2D eigenvalue weighted by atomic mass is 15.4. The molecule has 3 N–H and O–H groups in total. The fourth-order valence-electron chi connectivity index (χ4n) is 2.11. The van der Waals surface area contributed by atoms with Crippen molar-refractivity contribution in [1.82, 2.24) is 20.4 Å². The molecule has 5 nitrogen and oxygen atoms in total. The van der Waals surface area contributed by atoms with Gasteiger partial charge < -0.3 is 0 Å². The van der Waals surface area contributed by atoms with Gasteiger partial charge in [-0.1, -0.05) is 38.3 Å². The largest absolute Gasteiger partial charge is 0.271 e. The number of nitrogens with zero attached hydrogens (tertiary/aromatic N) is 3. The fraction of sp³-hybridized carbons (Fsp3) is 0.818. The zero-order chi connectivity index (χ0) is 12.0. The van der Waals surface area contributed by atoms with E-state index in [0.717, 1.165) is 12.1 Å². The van der Waals surface area contributed by atoms with Gasteiger partial charge in [-0.2, -0.15) is 0 Å². The summed E-state index contributed by atoms with van der Waals surface area (Å²) >= 11 is 0. The summed E-state index contributed by atoms with van der Waals surface area (Å²) < 4.78 is 1.79. The maximum Gasteiger partial charge on any atom is 0.0769 e. The van der Waals surface area contributed by atoms with Crippen LogP contribution in [-0.2, 0) is 7.05 Å². The van der Waals surface area contributed by atoms with Gasteiger partial charge in [0.25, 0.3) is 0 Å². The molecule has 92 valence electrons. The SMILES string of the molecule is CCCCC(CC)C(NN)c1cnnn1C. The topological polar surface area (TPSA) is 68.8 Å². The third-order valence-electron chi connectivity index (χ3n) is 3.17. The number of nitrogens with two attached hydrogens (primary N) is 1. The first kappa shape index (κ1) is 13.1. The molecule has 2 atom stereocenters. The lowest BCUT2D eigenvalue weighted by molar-refractivity contribution is 0.313. The minimum atomic E-state index is 0.150. The van der Waals surface area contributed by atoms with E-state index in [1.807, 2.05) is 7.05 Å². The summed E-state index contributed by atoms with van der Waals surface area (Å²) in [5.74, 6) is 6.21. The number of hydrazine groups is 1. The van der Waals surface area contributed by atoms with Crippen molar-refractivity contribution in [3.05, 3.63) is 11.9 Å². The first-order valence-electron chi connectivity index (χ1n) is 6.05. The Kier molecular flexibility index (Phi) is 5.42. The van der Waals surface area contributed by atoms with Crippen LogP contribution in [0.3, 0.4) is 0 Å². The van der Waals surface area contributed by atoms with Gasteiger partial charge in [-0.05, 0) is 12.3 Å². The smallest absolute Gasteiger partial charge is 0.0769 e. The Morgan fingerprint density at radius 3 is 2.69 bits per heavy atom. The quantitative estimate of drug-likeness (QED) is 0.545. The monoisotopic (exact) mass is 225 g/mol. The van der Waals surface area contributed by atoms with Crippen molar-refractivity contribution in [2.24, 2.45) is 18.8 Å². The predicted molar refractivity (Wildman–Crippen MR) is 64.4 cm³/mol. The third-order valence-corrected chi connectivity index (χ3v) is 3.17. The standard InChI is InChI=1S/C11H23N5/c1-4-6-7-9(5-2)11(14-12)10-8-13-15-16(10)3/h8-9,11,14H,4-7,12H2,1-3H3. The Balaban J connectivity index is 2.75. The van der Waals surface area contributed by atoms with Gasteiger partial charge in [0.05, 0.1) is 17.9 Å². The zero-order valence-corrected chi connectivity index (χ0v) is 10.5. The summed E-state index contributed by atoms with van der Waals surface area (Å²) in [5, 5.41) is 7.86. The van der Waals surface area contributed by atoms with Crippen LogP contribution in [0.5, 0.6) is 0 Å². The van der Waals surface area contributed by atoms with Crippen LogP contribution in [0.2, 0.25) is 0 Å².